The molecule has 0 N–H and O–H groups in total. The smallest absolute Gasteiger partial charge is 0.246 e. The minimum Gasteiger partial charge on any atom is -0.333 e. The first kappa shape index (κ1) is 18.7. The van der Waals surface area contributed by atoms with Gasteiger partial charge in [-0.3, -0.25) is 14.4 Å². The molecule has 1 aromatic carbocycles. The average molecular weight is 378 g/mol. The highest BCUT2D eigenvalue weighted by molar-refractivity contribution is 6.33. The zero-order chi connectivity index (χ0) is 18.7. The van der Waals surface area contributed by atoms with Crippen LogP contribution in [-0.2, 0) is 14.4 Å². The van der Waals surface area contributed by atoms with Crippen LogP contribution in [0.4, 0.5) is 5.69 Å². The molecule has 3 amide bonds. The van der Waals surface area contributed by atoms with E-state index in [2.05, 4.69) is 0 Å². The molecule has 0 saturated carbocycles. The zero-order valence-electron chi connectivity index (χ0n) is 15.0. The first-order valence-corrected chi connectivity index (χ1v) is 9.47. The number of carbonyl (C=O) groups is 3. The van der Waals surface area contributed by atoms with Crippen molar-refractivity contribution in [2.45, 2.75) is 38.6 Å². The number of rotatable bonds is 3. The van der Waals surface area contributed by atoms with Gasteiger partial charge >= 0.3 is 0 Å². The highest BCUT2D eigenvalue weighted by Crippen LogP contribution is 2.28. The molecule has 2 fully saturated rings. The molecule has 0 spiro atoms. The molecule has 140 valence electrons. The molecular formula is C19H24ClN3O3. The van der Waals surface area contributed by atoms with Crippen LogP contribution in [0.1, 0.15) is 32.6 Å². The van der Waals surface area contributed by atoms with Gasteiger partial charge in [-0.2, -0.15) is 0 Å². The third-order valence-electron chi connectivity index (χ3n) is 5.05. The monoisotopic (exact) mass is 377 g/mol. The van der Waals surface area contributed by atoms with E-state index in [9.17, 15) is 14.4 Å². The van der Waals surface area contributed by atoms with Crippen molar-refractivity contribution in [3.63, 3.8) is 0 Å². The maximum atomic E-state index is 12.7. The summed E-state index contributed by atoms with van der Waals surface area (Å²) in [6.45, 7) is 2.99. The number of benzene rings is 1. The Hall–Kier alpha value is -2.08. The molecule has 2 heterocycles. The lowest BCUT2D eigenvalue weighted by atomic mass is 10.1. The van der Waals surface area contributed by atoms with Crippen molar-refractivity contribution >= 4 is 35.0 Å². The molecule has 3 rings (SSSR count). The molecule has 1 atom stereocenters. The maximum Gasteiger partial charge on any atom is 0.246 e. The van der Waals surface area contributed by atoms with Crippen LogP contribution in [0, 0.1) is 0 Å². The summed E-state index contributed by atoms with van der Waals surface area (Å²) in [5, 5.41) is 0.517. The van der Waals surface area contributed by atoms with Gasteiger partial charge in [0.2, 0.25) is 17.7 Å². The summed E-state index contributed by atoms with van der Waals surface area (Å²) >= 11 is 6.21. The second-order valence-corrected chi connectivity index (χ2v) is 7.36. The predicted octanol–water partition coefficient (Wildman–Crippen LogP) is 2.31. The predicted molar refractivity (Wildman–Crippen MR) is 100 cm³/mol. The molecule has 2 aliphatic heterocycles. The largest absolute Gasteiger partial charge is 0.333 e. The third kappa shape index (κ3) is 4.01. The maximum absolute atomic E-state index is 12.7. The molecule has 0 aliphatic carbocycles. The summed E-state index contributed by atoms with van der Waals surface area (Å²) in [6.07, 6.45) is 3.33. The van der Waals surface area contributed by atoms with E-state index >= 15 is 0 Å². The summed E-state index contributed by atoms with van der Waals surface area (Å²) in [5.74, 6) is -0.295. The van der Waals surface area contributed by atoms with Crippen LogP contribution in [-0.4, -0.2) is 59.7 Å². The number of anilines is 1. The van der Waals surface area contributed by atoms with Gasteiger partial charge in [-0.25, -0.2) is 0 Å². The Labute approximate surface area is 158 Å². The summed E-state index contributed by atoms with van der Waals surface area (Å²) in [6, 6.07) is 7.07. The molecule has 1 aromatic rings. The van der Waals surface area contributed by atoms with E-state index in [1.54, 1.807) is 26.8 Å². The van der Waals surface area contributed by atoms with E-state index in [1.807, 2.05) is 19.1 Å². The fraction of sp³-hybridized carbons (Fsp3) is 0.526. The van der Waals surface area contributed by atoms with Gasteiger partial charge in [0, 0.05) is 25.6 Å². The van der Waals surface area contributed by atoms with Gasteiger partial charge in [-0.05, 0) is 31.9 Å². The van der Waals surface area contributed by atoms with E-state index in [0.29, 0.717) is 30.2 Å². The molecule has 2 aliphatic rings. The molecule has 26 heavy (non-hydrogen) atoms. The first-order valence-electron chi connectivity index (χ1n) is 9.09. The van der Waals surface area contributed by atoms with Crippen molar-refractivity contribution < 1.29 is 14.4 Å². The quantitative estimate of drug-likeness (QED) is 0.812. The highest BCUT2D eigenvalue weighted by Gasteiger charge is 2.34. The number of likely N-dealkylation sites (tertiary alicyclic amines) is 1. The second-order valence-electron chi connectivity index (χ2n) is 6.95. The van der Waals surface area contributed by atoms with Crippen molar-refractivity contribution in [1.82, 2.24) is 9.80 Å². The summed E-state index contributed by atoms with van der Waals surface area (Å²) in [7, 11) is 0. The van der Waals surface area contributed by atoms with Gasteiger partial charge in [-0.1, -0.05) is 30.2 Å². The van der Waals surface area contributed by atoms with Crippen LogP contribution in [0.5, 0.6) is 0 Å². The van der Waals surface area contributed by atoms with E-state index in [1.165, 1.54) is 0 Å². The van der Waals surface area contributed by atoms with Crippen LogP contribution in [0.25, 0.3) is 0 Å². The lowest BCUT2D eigenvalue weighted by Gasteiger charge is -2.40. The van der Waals surface area contributed by atoms with Gasteiger partial charge in [0.1, 0.15) is 6.54 Å². The second kappa shape index (κ2) is 8.08. The third-order valence-corrected chi connectivity index (χ3v) is 5.37. The fourth-order valence-corrected chi connectivity index (χ4v) is 3.79. The molecule has 0 radical (unpaired) electrons. The number of para-hydroxylation sites is 1. The molecule has 0 aromatic heterocycles. The van der Waals surface area contributed by atoms with Gasteiger partial charge in [0.15, 0.2) is 0 Å². The van der Waals surface area contributed by atoms with Crippen molar-refractivity contribution in [3.05, 3.63) is 29.3 Å². The molecule has 0 unspecified atom stereocenters. The van der Waals surface area contributed by atoms with E-state index in [-0.39, 0.29) is 36.9 Å². The summed E-state index contributed by atoms with van der Waals surface area (Å²) < 4.78 is 0. The minimum absolute atomic E-state index is 0.00720. The van der Waals surface area contributed by atoms with E-state index in [4.69, 9.17) is 11.6 Å². The van der Waals surface area contributed by atoms with E-state index < -0.39 is 0 Å². The Morgan fingerprint density at radius 3 is 2.69 bits per heavy atom. The Morgan fingerprint density at radius 1 is 1.15 bits per heavy atom. The lowest BCUT2D eigenvalue weighted by molar-refractivity contribution is -0.144. The van der Waals surface area contributed by atoms with Crippen LogP contribution in [0.15, 0.2) is 24.3 Å². The Morgan fingerprint density at radius 2 is 1.92 bits per heavy atom. The molecule has 0 bridgehead atoms. The van der Waals surface area contributed by atoms with E-state index in [0.717, 1.165) is 19.3 Å². The SMILES string of the molecule is C[C@H]1CN(c2ccccc2Cl)C(=O)CN1C(=O)CN1CCCCCC1=O. The van der Waals surface area contributed by atoms with Crippen LogP contribution in [0.2, 0.25) is 5.02 Å². The van der Waals surface area contributed by atoms with Gasteiger partial charge in [0.05, 0.1) is 17.3 Å². The van der Waals surface area contributed by atoms with Crippen LogP contribution < -0.4 is 4.90 Å². The first-order chi connectivity index (χ1) is 12.5. The van der Waals surface area contributed by atoms with Gasteiger partial charge < -0.3 is 14.7 Å². The summed E-state index contributed by atoms with van der Waals surface area (Å²) in [5.41, 5.74) is 0.667. The normalized spacial score (nSPS) is 21.8. The summed E-state index contributed by atoms with van der Waals surface area (Å²) in [4.78, 5) is 42.3. The number of hydrogen-bond donors (Lipinski definition) is 0. The Balaban J connectivity index is 1.67. The number of piperazine rings is 1. The molecule has 7 heteroatoms. The topological polar surface area (TPSA) is 60.9 Å². The Bertz CT molecular complexity index is 709. The number of amides is 3. The number of hydrogen-bond acceptors (Lipinski definition) is 3. The standard InChI is InChI=1S/C19H24ClN3O3/c1-14-11-23(16-8-5-4-7-15(16)20)19(26)13-22(14)18(25)12-21-10-6-2-3-9-17(21)24/h4-5,7-8,14H,2-3,6,9-13H2,1H3/t14-/m0/s1. The van der Waals surface area contributed by atoms with Crippen molar-refractivity contribution in [1.29, 1.82) is 0 Å². The van der Waals surface area contributed by atoms with Crippen LogP contribution >= 0.6 is 11.6 Å². The minimum atomic E-state index is -0.167. The average Bonchev–Trinajstić information content (AvgIpc) is 2.82. The van der Waals surface area contributed by atoms with Crippen molar-refractivity contribution in [3.8, 4) is 0 Å². The number of carbonyl (C=O) groups excluding carboxylic acids is 3. The van der Waals surface area contributed by atoms with Crippen molar-refractivity contribution in [2.75, 3.05) is 31.1 Å². The fourth-order valence-electron chi connectivity index (χ4n) is 3.55. The van der Waals surface area contributed by atoms with Gasteiger partial charge in [-0.15, -0.1) is 0 Å². The van der Waals surface area contributed by atoms with Crippen LogP contribution in [0.3, 0.4) is 0 Å². The molecule has 2 saturated heterocycles. The zero-order valence-corrected chi connectivity index (χ0v) is 15.7. The highest BCUT2D eigenvalue weighted by atomic mass is 35.5. The van der Waals surface area contributed by atoms with Gasteiger partial charge in [0.25, 0.3) is 0 Å². The molecule has 6 nitrogen and oxygen atoms in total. The number of nitrogens with zero attached hydrogens (tertiary/aromatic N) is 3. The lowest BCUT2D eigenvalue weighted by Crippen LogP contribution is -2.59. The number of halogens is 1. The van der Waals surface area contributed by atoms with Crippen molar-refractivity contribution in [2.24, 2.45) is 0 Å². The molecular weight excluding hydrogens is 354 g/mol. The Kier molecular flexibility index (Phi) is 5.81.